The lowest BCUT2D eigenvalue weighted by Crippen LogP contribution is -2.14. The maximum absolute atomic E-state index is 12.2. The van der Waals surface area contributed by atoms with Crippen LogP contribution in [0.25, 0.3) is 0 Å². The highest BCUT2D eigenvalue weighted by molar-refractivity contribution is 6.31. The normalized spacial score (nSPS) is 10.0. The molecule has 0 aliphatic rings. The molecule has 0 bridgehead atoms. The summed E-state index contributed by atoms with van der Waals surface area (Å²) < 4.78 is 10.3. The molecule has 0 saturated heterocycles. The van der Waals surface area contributed by atoms with Crippen LogP contribution in [0.5, 0.6) is 11.5 Å². The first-order chi connectivity index (χ1) is 10.0. The number of benzene rings is 2. The number of nitrogens with one attached hydrogen (secondary N) is 1. The van der Waals surface area contributed by atoms with Crippen LogP contribution in [-0.2, 0) is 0 Å². The van der Waals surface area contributed by atoms with E-state index in [4.69, 9.17) is 26.8 Å². The second kappa shape index (κ2) is 6.37. The summed E-state index contributed by atoms with van der Waals surface area (Å²) in [5.41, 5.74) is 7.02. The van der Waals surface area contributed by atoms with Crippen molar-refractivity contribution >= 4 is 28.9 Å². The summed E-state index contributed by atoms with van der Waals surface area (Å²) in [5, 5.41) is 3.19. The zero-order chi connectivity index (χ0) is 15.4. The van der Waals surface area contributed by atoms with E-state index in [2.05, 4.69) is 5.32 Å². The first kappa shape index (κ1) is 15.0. The van der Waals surface area contributed by atoms with E-state index in [-0.39, 0.29) is 5.91 Å². The Bertz CT molecular complexity index is 674. The number of carbonyl (C=O) groups is 1. The van der Waals surface area contributed by atoms with Gasteiger partial charge in [0.1, 0.15) is 0 Å². The summed E-state index contributed by atoms with van der Waals surface area (Å²) >= 11 is 5.88. The van der Waals surface area contributed by atoms with E-state index in [9.17, 15) is 4.79 Å². The number of hydrogen-bond donors (Lipinski definition) is 2. The van der Waals surface area contributed by atoms with Gasteiger partial charge in [0.05, 0.1) is 19.8 Å². The summed E-state index contributed by atoms with van der Waals surface area (Å²) in [4.78, 5) is 12.2. The Kier molecular flexibility index (Phi) is 4.55. The number of hydrogen-bond acceptors (Lipinski definition) is 4. The fraction of sp³-hybridized carbons (Fsp3) is 0.133. The van der Waals surface area contributed by atoms with Crippen LogP contribution in [0, 0.1) is 0 Å². The predicted octanol–water partition coefficient (Wildman–Crippen LogP) is 3.19. The Morgan fingerprint density at radius 3 is 2.48 bits per heavy atom. The monoisotopic (exact) mass is 306 g/mol. The van der Waals surface area contributed by atoms with Gasteiger partial charge in [0.2, 0.25) is 0 Å². The molecule has 6 heteroatoms. The van der Waals surface area contributed by atoms with Crippen molar-refractivity contribution in [2.45, 2.75) is 0 Å². The van der Waals surface area contributed by atoms with Gasteiger partial charge < -0.3 is 20.5 Å². The zero-order valence-corrected chi connectivity index (χ0v) is 12.4. The summed E-state index contributed by atoms with van der Waals surface area (Å²) in [6.45, 7) is 0. The van der Waals surface area contributed by atoms with Gasteiger partial charge in [-0.25, -0.2) is 0 Å². The Hall–Kier alpha value is -2.40. The maximum Gasteiger partial charge on any atom is 0.257 e. The first-order valence-electron chi connectivity index (χ1n) is 6.13. The lowest BCUT2D eigenvalue weighted by molar-refractivity contribution is 0.102. The second-order valence-corrected chi connectivity index (χ2v) is 4.69. The molecule has 2 rings (SSSR count). The Balaban J connectivity index is 2.25. The van der Waals surface area contributed by atoms with Crippen LogP contribution in [0.2, 0.25) is 5.02 Å². The third-order valence-electron chi connectivity index (χ3n) is 2.90. The molecule has 3 N–H and O–H groups in total. The Labute approximate surface area is 127 Å². The molecule has 2 aromatic rings. The number of rotatable bonds is 4. The van der Waals surface area contributed by atoms with Crippen molar-refractivity contribution in [3.05, 3.63) is 47.0 Å². The minimum Gasteiger partial charge on any atom is -0.493 e. The smallest absolute Gasteiger partial charge is 0.257 e. The van der Waals surface area contributed by atoms with E-state index in [0.29, 0.717) is 33.5 Å². The number of ether oxygens (including phenoxy) is 2. The third-order valence-corrected chi connectivity index (χ3v) is 3.14. The van der Waals surface area contributed by atoms with Crippen LogP contribution < -0.4 is 20.5 Å². The Morgan fingerprint density at radius 1 is 1.10 bits per heavy atom. The van der Waals surface area contributed by atoms with E-state index in [0.717, 1.165) is 0 Å². The lowest BCUT2D eigenvalue weighted by Gasteiger charge is -2.11. The van der Waals surface area contributed by atoms with Crippen LogP contribution in [0.4, 0.5) is 11.4 Å². The van der Waals surface area contributed by atoms with Crippen molar-refractivity contribution in [2.24, 2.45) is 0 Å². The van der Waals surface area contributed by atoms with Crippen molar-refractivity contribution in [3.63, 3.8) is 0 Å². The minimum atomic E-state index is -0.345. The number of nitrogen functional groups attached to an aromatic ring is 1. The van der Waals surface area contributed by atoms with Crippen molar-refractivity contribution < 1.29 is 14.3 Å². The molecule has 1 amide bonds. The second-order valence-electron chi connectivity index (χ2n) is 4.26. The molecule has 0 heterocycles. The number of amides is 1. The topological polar surface area (TPSA) is 73.6 Å². The number of methoxy groups -OCH3 is 2. The molecule has 0 unspecified atom stereocenters. The van der Waals surface area contributed by atoms with Gasteiger partial charge in [0.25, 0.3) is 5.91 Å². The molecule has 0 aromatic heterocycles. The summed E-state index contributed by atoms with van der Waals surface area (Å²) in [6, 6.07) is 9.82. The van der Waals surface area contributed by atoms with E-state index in [1.54, 1.807) is 37.4 Å². The summed E-state index contributed by atoms with van der Waals surface area (Å²) in [7, 11) is 3.07. The van der Waals surface area contributed by atoms with E-state index in [1.807, 2.05) is 0 Å². The number of anilines is 2. The maximum atomic E-state index is 12.2. The molecule has 0 spiro atoms. The van der Waals surface area contributed by atoms with Gasteiger partial charge in [0, 0.05) is 22.5 Å². The molecule has 5 nitrogen and oxygen atoms in total. The van der Waals surface area contributed by atoms with Crippen LogP contribution in [0.3, 0.4) is 0 Å². The van der Waals surface area contributed by atoms with Crippen molar-refractivity contribution in [3.8, 4) is 11.5 Å². The van der Waals surface area contributed by atoms with Crippen molar-refractivity contribution in [1.82, 2.24) is 0 Å². The highest BCUT2D eigenvalue weighted by atomic mass is 35.5. The van der Waals surface area contributed by atoms with Crippen LogP contribution in [0.15, 0.2) is 36.4 Å². The average molecular weight is 307 g/mol. The number of halogens is 1. The van der Waals surface area contributed by atoms with Crippen molar-refractivity contribution in [1.29, 1.82) is 0 Å². The number of carbonyl (C=O) groups excluding carboxylic acids is 1. The van der Waals surface area contributed by atoms with E-state index < -0.39 is 0 Å². The molecule has 0 saturated carbocycles. The van der Waals surface area contributed by atoms with Gasteiger partial charge in [-0.2, -0.15) is 0 Å². The van der Waals surface area contributed by atoms with Gasteiger partial charge in [-0.05, 0) is 30.3 Å². The number of nitrogens with two attached hydrogens (primary N) is 1. The predicted molar refractivity (Wildman–Crippen MR) is 83.4 cm³/mol. The van der Waals surface area contributed by atoms with Crippen LogP contribution in [-0.4, -0.2) is 20.1 Å². The van der Waals surface area contributed by atoms with Crippen LogP contribution >= 0.6 is 11.6 Å². The summed E-state index contributed by atoms with van der Waals surface area (Å²) in [5.74, 6) is 0.759. The first-order valence-corrected chi connectivity index (χ1v) is 6.51. The molecule has 21 heavy (non-hydrogen) atoms. The van der Waals surface area contributed by atoms with Gasteiger partial charge in [-0.1, -0.05) is 11.6 Å². The fourth-order valence-corrected chi connectivity index (χ4v) is 2.01. The largest absolute Gasteiger partial charge is 0.493 e. The molecule has 0 aliphatic carbocycles. The fourth-order valence-electron chi connectivity index (χ4n) is 1.84. The molecule has 0 atom stereocenters. The van der Waals surface area contributed by atoms with E-state index >= 15 is 0 Å². The summed E-state index contributed by atoms with van der Waals surface area (Å²) in [6.07, 6.45) is 0. The molecule has 2 aromatic carbocycles. The van der Waals surface area contributed by atoms with Crippen LogP contribution in [0.1, 0.15) is 10.4 Å². The van der Waals surface area contributed by atoms with Gasteiger partial charge in [-0.15, -0.1) is 0 Å². The standard InChI is InChI=1S/C15H15ClN2O3/c1-20-13-6-4-10(8-14(13)21-2)18-15(19)11-7-9(16)3-5-12(11)17/h3-8H,17H2,1-2H3,(H,18,19). The molecule has 0 radical (unpaired) electrons. The third kappa shape index (κ3) is 3.38. The van der Waals surface area contributed by atoms with Gasteiger partial charge >= 0.3 is 0 Å². The van der Waals surface area contributed by atoms with Gasteiger partial charge in [0.15, 0.2) is 11.5 Å². The Morgan fingerprint density at radius 2 is 1.81 bits per heavy atom. The highest BCUT2D eigenvalue weighted by Gasteiger charge is 2.12. The SMILES string of the molecule is COc1ccc(NC(=O)c2cc(Cl)ccc2N)cc1OC. The van der Waals surface area contributed by atoms with Crippen molar-refractivity contribution in [2.75, 3.05) is 25.3 Å². The zero-order valence-electron chi connectivity index (χ0n) is 11.6. The van der Waals surface area contributed by atoms with E-state index in [1.165, 1.54) is 13.2 Å². The molecular formula is C15H15ClN2O3. The van der Waals surface area contributed by atoms with Gasteiger partial charge in [-0.3, -0.25) is 4.79 Å². The molecule has 0 fully saturated rings. The molecule has 0 aliphatic heterocycles. The molecular weight excluding hydrogens is 292 g/mol. The average Bonchev–Trinajstić information content (AvgIpc) is 2.49. The quantitative estimate of drug-likeness (QED) is 0.851. The lowest BCUT2D eigenvalue weighted by atomic mass is 10.1. The highest BCUT2D eigenvalue weighted by Crippen LogP contribution is 2.30. The minimum absolute atomic E-state index is 0.317. The molecule has 110 valence electrons.